The molecular formula is C52H92O6. The summed E-state index contributed by atoms with van der Waals surface area (Å²) in [5, 5.41) is 0. The Balaban J connectivity index is 4.26. The lowest BCUT2D eigenvalue weighted by molar-refractivity contribution is -0.167. The molecule has 0 radical (unpaired) electrons. The van der Waals surface area contributed by atoms with Crippen molar-refractivity contribution in [2.45, 2.75) is 252 Å². The van der Waals surface area contributed by atoms with Crippen molar-refractivity contribution in [3.63, 3.8) is 0 Å². The van der Waals surface area contributed by atoms with Gasteiger partial charge in [-0.25, -0.2) is 0 Å². The monoisotopic (exact) mass is 813 g/mol. The van der Waals surface area contributed by atoms with Crippen LogP contribution < -0.4 is 0 Å². The fourth-order valence-electron chi connectivity index (χ4n) is 6.80. The van der Waals surface area contributed by atoms with Crippen LogP contribution in [-0.2, 0) is 28.6 Å². The topological polar surface area (TPSA) is 78.9 Å². The van der Waals surface area contributed by atoms with Gasteiger partial charge >= 0.3 is 17.9 Å². The minimum Gasteiger partial charge on any atom is -0.462 e. The zero-order valence-corrected chi connectivity index (χ0v) is 38.3. The second-order valence-corrected chi connectivity index (χ2v) is 16.4. The molecule has 1 unspecified atom stereocenters. The number of unbranched alkanes of at least 4 members (excludes halogenated alkanes) is 25. The molecule has 0 fully saturated rings. The molecule has 0 saturated heterocycles. The van der Waals surface area contributed by atoms with E-state index < -0.39 is 6.10 Å². The molecule has 0 saturated carbocycles. The summed E-state index contributed by atoms with van der Waals surface area (Å²) in [7, 11) is 0. The highest BCUT2D eigenvalue weighted by Gasteiger charge is 2.19. The zero-order valence-electron chi connectivity index (χ0n) is 38.3. The van der Waals surface area contributed by atoms with E-state index in [-0.39, 0.29) is 31.1 Å². The van der Waals surface area contributed by atoms with E-state index in [4.69, 9.17) is 14.2 Å². The number of ether oxygens (including phenoxy) is 3. The van der Waals surface area contributed by atoms with Crippen LogP contribution in [0.25, 0.3) is 0 Å². The van der Waals surface area contributed by atoms with Gasteiger partial charge in [-0.1, -0.05) is 191 Å². The Labute approximate surface area is 358 Å². The van der Waals surface area contributed by atoms with E-state index >= 15 is 0 Å². The van der Waals surface area contributed by atoms with Crippen molar-refractivity contribution < 1.29 is 28.6 Å². The van der Waals surface area contributed by atoms with E-state index in [2.05, 4.69) is 69.4 Å². The number of allylic oxidation sites excluding steroid dienone is 8. The van der Waals surface area contributed by atoms with Crippen molar-refractivity contribution in [3.8, 4) is 0 Å². The summed E-state index contributed by atoms with van der Waals surface area (Å²) in [4.78, 5) is 37.7. The quantitative estimate of drug-likeness (QED) is 0.0264. The standard InChI is InChI=1S/C52H92O6/c1-4-7-10-13-16-18-20-22-24-26-28-30-32-34-36-39-42-45-51(54)57-48-49(47-56-50(53)44-41-38-15-12-9-6-3)58-52(55)46-43-40-37-35-33-31-29-27-25-23-21-19-17-14-11-8-5-2/h16-19,22-25,49H,4-15,20-21,26-48H2,1-3H3/b18-16-,19-17-,24-22-,25-23-. The van der Waals surface area contributed by atoms with Gasteiger partial charge < -0.3 is 14.2 Å². The van der Waals surface area contributed by atoms with Crippen LogP contribution in [-0.4, -0.2) is 37.2 Å². The summed E-state index contributed by atoms with van der Waals surface area (Å²) in [6.45, 7) is 6.52. The second-order valence-electron chi connectivity index (χ2n) is 16.4. The highest BCUT2D eigenvalue weighted by Crippen LogP contribution is 2.14. The third-order valence-electron chi connectivity index (χ3n) is 10.6. The molecule has 0 amide bonds. The Morgan fingerprint density at radius 3 is 0.983 bits per heavy atom. The van der Waals surface area contributed by atoms with Gasteiger partial charge in [0, 0.05) is 19.3 Å². The Hall–Kier alpha value is -2.63. The maximum absolute atomic E-state index is 12.7. The number of hydrogen-bond acceptors (Lipinski definition) is 6. The first kappa shape index (κ1) is 55.4. The Kier molecular flexibility index (Phi) is 44.9. The SMILES string of the molecule is CCCCC/C=C\C/C=C\CCCCCCCCCC(=O)OCC(COC(=O)CCCCCCCC)OC(=O)CCCCCCCCC/C=C\C/C=C\CCCCC. The van der Waals surface area contributed by atoms with E-state index in [0.717, 1.165) is 83.5 Å². The van der Waals surface area contributed by atoms with Crippen LogP contribution in [0.2, 0.25) is 0 Å². The molecule has 0 spiro atoms. The largest absolute Gasteiger partial charge is 0.462 e. The van der Waals surface area contributed by atoms with Crippen LogP contribution in [0.1, 0.15) is 245 Å². The van der Waals surface area contributed by atoms with Crippen LogP contribution in [0, 0.1) is 0 Å². The normalized spacial score (nSPS) is 12.4. The summed E-state index contributed by atoms with van der Waals surface area (Å²) < 4.78 is 16.7. The van der Waals surface area contributed by atoms with E-state index in [1.165, 1.54) is 122 Å². The van der Waals surface area contributed by atoms with Crippen molar-refractivity contribution in [1.29, 1.82) is 0 Å². The molecule has 0 aliphatic carbocycles. The molecule has 0 aromatic carbocycles. The number of rotatable bonds is 44. The lowest BCUT2D eigenvalue weighted by Gasteiger charge is -2.18. The van der Waals surface area contributed by atoms with Gasteiger partial charge in [0.1, 0.15) is 13.2 Å². The molecule has 0 aliphatic heterocycles. The molecule has 1 atom stereocenters. The zero-order chi connectivity index (χ0) is 42.3. The van der Waals surface area contributed by atoms with Crippen LogP contribution in [0.4, 0.5) is 0 Å². The minimum atomic E-state index is -0.775. The predicted octanol–water partition coefficient (Wildman–Crippen LogP) is 15.9. The Bertz CT molecular complexity index is 1030. The van der Waals surface area contributed by atoms with Crippen LogP contribution >= 0.6 is 0 Å². The van der Waals surface area contributed by atoms with Crippen molar-refractivity contribution in [3.05, 3.63) is 48.6 Å². The number of esters is 3. The highest BCUT2D eigenvalue weighted by molar-refractivity contribution is 5.71. The fourth-order valence-corrected chi connectivity index (χ4v) is 6.80. The molecule has 0 aromatic rings. The Morgan fingerprint density at radius 2 is 0.621 bits per heavy atom. The first-order valence-corrected chi connectivity index (χ1v) is 24.6. The molecule has 0 heterocycles. The van der Waals surface area contributed by atoms with E-state index in [9.17, 15) is 14.4 Å². The van der Waals surface area contributed by atoms with Gasteiger partial charge in [0.25, 0.3) is 0 Å². The molecule has 6 heteroatoms. The van der Waals surface area contributed by atoms with Gasteiger partial charge in [-0.3, -0.25) is 14.4 Å². The lowest BCUT2D eigenvalue weighted by atomic mass is 10.1. The summed E-state index contributed by atoms with van der Waals surface area (Å²) in [5.74, 6) is -0.901. The fraction of sp³-hybridized carbons (Fsp3) is 0.788. The van der Waals surface area contributed by atoms with Gasteiger partial charge in [0.05, 0.1) is 0 Å². The average molecular weight is 813 g/mol. The third kappa shape index (κ3) is 44.5. The number of hydrogen-bond donors (Lipinski definition) is 0. The van der Waals surface area contributed by atoms with Crippen LogP contribution in [0.3, 0.4) is 0 Å². The van der Waals surface area contributed by atoms with Gasteiger partial charge in [-0.15, -0.1) is 0 Å². The molecule has 58 heavy (non-hydrogen) atoms. The molecule has 0 aliphatic rings. The predicted molar refractivity (Wildman–Crippen MR) is 247 cm³/mol. The molecule has 6 nitrogen and oxygen atoms in total. The van der Waals surface area contributed by atoms with E-state index in [1.54, 1.807) is 0 Å². The minimum absolute atomic E-state index is 0.0788. The van der Waals surface area contributed by atoms with Crippen molar-refractivity contribution in [1.82, 2.24) is 0 Å². The maximum Gasteiger partial charge on any atom is 0.306 e. The van der Waals surface area contributed by atoms with Crippen LogP contribution in [0.5, 0.6) is 0 Å². The second kappa shape index (κ2) is 47.1. The lowest BCUT2D eigenvalue weighted by Crippen LogP contribution is -2.30. The molecule has 0 bridgehead atoms. The highest BCUT2D eigenvalue weighted by atomic mass is 16.6. The Morgan fingerprint density at radius 1 is 0.345 bits per heavy atom. The summed E-state index contributed by atoms with van der Waals surface area (Å²) >= 11 is 0. The van der Waals surface area contributed by atoms with E-state index in [0.29, 0.717) is 19.3 Å². The van der Waals surface area contributed by atoms with Crippen molar-refractivity contribution in [2.75, 3.05) is 13.2 Å². The number of carbonyl (C=O) groups excluding carboxylic acids is 3. The van der Waals surface area contributed by atoms with Gasteiger partial charge in [-0.05, 0) is 83.5 Å². The third-order valence-corrected chi connectivity index (χ3v) is 10.6. The average Bonchev–Trinajstić information content (AvgIpc) is 3.22. The molecule has 0 aromatic heterocycles. The smallest absolute Gasteiger partial charge is 0.306 e. The molecule has 0 N–H and O–H groups in total. The van der Waals surface area contributed by atoms with Crippen LogP contribution in [0.15, 0.2) is 48.6 Å². The number of carbonyl (C=O) groups is 3. The molecule has 0 rings (SSSR count). The van der Waals surface area contributed by atoms with E-state index in [1.807, 2.05) is 0 Å². The van der Waals surface area contributed by atoms with Gasteiger partial charge in [-0.2, -0.15) is 0 Å². The van der Waals surface area contributed by atoms with Crippen molar-refractivity contribution >= 4 is 17.9 Å². The van der Waals surface area contributed by atoms with Crippen molar-refractivity contribution in [2.24, 2.45) is 0 Å². The first-order valence-electron chi connectivity index (χ1n) is 24.6. The summed E-state index contributed by atoms with van der Waals surface area (Å²) in [6, 6.07) is 0. The molecular weight excluding hydrogens is 721 g/mol. The van der Waals surface area contributed by atoms with Gasteiger partial charge in [0.15, 0.2) is 6.10 Å². The summed E-state index contributed by atoms with van der Waals surface area (Å²) in [6.07, 6.45) is 55.4. The van der Waals surface area contributed by atoms with Gasteiger partial charge in [0.2, 0.25) is 0 Å². The maximum atomic E-state index is 12.7. The molecule has 336 valence electrons. The summed E-state index contributed by atoms with van der Waals surface area (Å²) in [5.41, 5.74) is 0. The first-order chi connectivity index (χ1) is 28.5.